The number of aromatic carboxylic acids is 1. The lowest BCUT2D eigenvalue weighted by atomic mass is 10.0. The fourth-order valence-electron chi connectivity index (χ4n) is 2.47. The molecule has 1 aromatic heterocycles. The Morgan fingerprint density at radius 1 is 1.32 bits per heavy atom. The molecule has 0 amide bonds. The van der Waals surface area contributed by atoms with Gasteiger partial charge in [-0.25, -0.2) is 4.79 Å². The average Bonchev–Trinajstić information content (AvgIpc) is 2.77. The number of carboxylic acids is 1. The number of rotatable bonds is 3. The van der Waals surface area contributed by atoms with Crippen LogP contribution in [0.5, 0.6) is 0 Å². The van der Waals surface area contributed by atoms with Gasteiger partial charge in [0.1, 0.15) is 0 Å². The first kappa shape index (κ1) is 14.1. The van der Waals surface area contributed by atoms with Crippen LogP contribution >= 0.6 is 0 Å². The predicted molar refractivity (Wildman–Crippen MR) is 72.3 cm³/mol. The number of hydrogen-bond acceptors (Lipinski definition) is 4. The highest BCUT2D eigenvalue weighted by Crippen LogP contribution is 2.18. The molecule has 1 aromatic rings. The van der Waals surface area contributed by atoms with E-state index in [0.717, 1.165) is 31.7 Å². The molecule has 2 heterocycles. The molecule has 1 fully saturated rings. The number of furan rings is 1. The fraction of sp³-hybridized carbons (Fsp3) is 0.643. The maximum atomic E-state index is 11.0. The number of hydrogen-bond donors (Lipinski definition) is 1. The second-order valence-corrected chi connectivity index (χ2v) is 6.01. The molecule has 1 aliphatic rings. The highest BCUT2D eigenvalue weighted by Gasteiger charge is 2.26. The van der Waals surface area contributed by atoms with Crippen molar-refractivity contribution in [2.75, 3.05) is 26.2 Å². The van der Waals surface area contributed by atoms with Crippen LogP contribution in [0.3, 0.4) is 0 Å². The molecule has 0 aliphatic carbocycles. The third-order valence-corrected chi connectivity index (χ3v) is 3.66. The van der Waals surface area contributed by atoms with E-state index < -0.39 is 5.97 Å². The first-order valence-electron chi connectivity index (χ1n) is 6.65. The molecule has 0 saturated carbocycles. The van der Waals surface area contributed by atoms with E-state index in [0.29, 0.717) is 6.54 Å². The highest BCUT2D eigenvalue weighted by atomic mass is 16.4. The standard InChI is InChI=1S/C14H22N2O3/c1-14(2,3)16-7-5-15(6-8-16)10-11-4-9-19-12(11)13(17)18/h4,9H,5-8,10H2,1-3H3,(H,17,18). The Kier molecular flexibility index (Phi) is 3.96. The van der Waals surface area contributed by atoms with Crippen molar-refractivity contribution < 1.29 is 14.3 Å². The van der Waals surface area contributed by atoms with Gasteiger partial charge in [0.05, 0.1) is 6.26 Å². The predicted octanol–water partition coefficient (Wildman–Crippen LogP) is 1.89. The molecular weight excluding hydrogens is 244 g/mol. The van der Waals surface area contributed by atoms with Crippen LogP contribution in [0.25, 0.3) is 0 Å². The molecule has 5 nitrogen and oxygen atoms in total. The van der Waals surface area contributed by atoms with Crippen molar-refractivity contribution in [3.63, 3.8) is 0 Å². The fourth-order valence-corrected chi connectivity index (χ4v) is 2.47. The van der Waals surface area contributed by atoms with E-state index in [1.165, 1.54) is 6.26 Å². The zero-order valence-corrected chi connectivity index (χ0v) is 11.8. The van der Waals surface area contributed by atoms with Crippen LogP contribution in [0.15, 0.2) is 16.7 Å². The normalized spacial score (nSPS) is 18.7. The summed E-state index contributed by atoms with van der Waals surface area (Å²) in [5.41, 5.74) is 0.963. The van der Waals surface area contributed by atoms with Crippen LogP contribution in [-0.2, 0) is 6.54 Å². The molecule has 5 heteroatoms. The van der Waals surface area contributed by atoms with Crippen molar-refractivity contribution in [3.8, 4) is 0 Å². The largest absolute Gasteiger partial charge is 0.475 e. The zero-order valence-electron chi connectivity index (χ0n) is 11.8. The van der Waals surface area contributed by atoms with E-state index in [-0.39, 0.29) is 11.3 Å². The molecule has 0 unspecified atom stereocenters. The van der Waals surface area contributed by atoms with Crippen LogP contribution in [0, 0.1) is 0 Å². The van der Waals surface area contributed by atoms with E-state index >= 15 is 0 Å². The van der Waals surface area contributed by atoms with E-state index in [1.807, 2.05) is 0 Å². The van der Waals surface area contributed by atoms with Crippen LogP contribution in [0.2, 0.25) is 0 Å². The summed E-state index contributed by atoms with van der Waals surface area (Å²) in [4.78, 5) is 15.7. The van der Waals surface area contributed by atoms with Gasteiger partial charge in [0.2, 0.25) is 5.76 Å². The van der Waals surface area contributed by atoms with Crippen LogP contribution in [0.4, 0.5) is 0 Å². The minimum atomic E-state index is -0.992. The maximum Gasteiger partial charge on any atom is 0.372 e. The third-order valence-electron chi connectivity index (χ3n) is 3.66. The minimum absolute atomic E-state index is 0.0678. The van der Waals surface area contributed by atoms with Gasteiger partial charge in [0.25, 0.3) is 0 Å². The molecule has 0 aromatic carbocycles. The molecular formula is C14H22N2O3. The first-order valence-corrected chi connectivity index (χ1v) is 6.65. The molecule has 0 spiro atoms. The maximum absolute atomic E-state index is 11.0. The summed E-state index contributed by atoms with van der Waals surface area (Å²) in [5, 5.41) is 9.01. The van der Waals surface area contributed by atoms with Crippen molar-refractivity contribution in [2.24, 2.45) is 0 Å². The Bertz CT molecular complexity index is 440. The molecule has 1 saturated heterocycles. The van der Waals surface area contributed by atoms with Crippen molar-refractivity contribution in [2.45, 2.75) is 32.9 Å². The molecule has 19 heavy (non-hydrogen) atoms. The van der Waals surface area contributed by atoms with E-state index in [1.54, 1.807) is 6.07 Å². The van der Waals surface area contributed by atoms with E-state index in [9.17, 15) is 4.79 Å². The SMILES string of the molecule is CC(C)(C)N1CCN(Cc2ccoc2C(=O)O)CC1. The topological polar surface area (TPSA) is 56.9 Å². The molecule has 2 rings (SSSR count). The summed E-state index contributed by atoms with van der Waals surface area (Å²) in [6.45, 7) is 11.3. The van der Waals surface area contributed by atoms with Crippen LogP contribution in [-0.4, -0.2) is 52.6 Å². The van der Waals surface area contributed by atoms with Gasteiger partial charge in [-0.1, -0.05) is 0 Å². The Morgan fingerprint density at radius 3 is 2.47 bits per heavy atom. The molecule has 1 N–H and O–H groups in total. The monoisotopic (exact) mass is 266 g/mol. The summed E-state index contributed by atoms with van der Waals surface area (Å²) >= 11 is 0. The second-order valence-electron chi connectivity index (χ2n) is 6.01. The van der Waals surface area contributed by atoms with Crippen molar-refractivity contribution in [3.05, 3.63) is 23.7 Å². The Hall–Kier alpha value is -1.33. The highest BCUT2D eigenvalue weighted by molar-refractivity contribution is 5.86. The second kappa shape index (κ2) is 5.35. The van der Waals surface area contributed by atoms with Gasteiger partial charge in [-0.15, -0.1) is 0 Å². The molecule has 1 aliphatic heterocycles. The molecule has 0 atom stereocenters. The molecule has 0 radical (unpaired) electrons. The Labute approximate surface area is 113 Å². The van der Waals surface area contributed by atoms with Gasteiger partial charge >= 0.3 is 5.97 Å². The summed E-state index contributed by atoms with van der Waals surface area (Å²) in [5.74, 6) is -0.924. The van der Waals surface area contributed by atoms with Gasteiger partial charge in [0, 0.05) is 43.8 Å². The van der Waals surface area contributed by atoms with Gasteiger partial charge in [-0.3, -0.25) is 9.80 Å². The van der Waals surface area contributed by atoms with E-state index in [4.69, 9.17) is 9.52 Å². The van der Waals surface area contributed by atoms with Gasteiger partial charge in [-0.05, 0) is 26.8 Å². The van der Waals surface area contributed by atoms with Gasteiger partial charge in [-0.2, -0.15) is 0 Å². The van der Waals surface area contributed by atoms with Crippen LogP contribution in [0.1, 0.15) is 36.9 Å². The Balaban J connectivity index is 1.92. The Morgan fingerprint density at radius 2 is 1.95 bits per heavy atom. The summed E-state index contributed by atoms with van der Waals surface area (Å²) in [7, 11) is 0. The zero-order chi connectivity index (χ0) is 14.0. The quantitative estimate of drug-likeness (QED) is 0.905. The summed E-state index contributed by atoms with van der Waals surface area (Å²) < 4.78 is 5.01. The number of carboxylic acid groups (broad SMARTS) is 1. The van der Waals surface area contributed by atoms with Crippen molar-refractivity contribution in [1.29, 1.82) is 0 Å². The van der Waals surface area contributed by atoms with E-state index in [2.05, 4.69) is 30.6 Å². The summed E-state index contributed by atoms with van der Waals surface area (Å²) in [6.07, 6.45) is 1.45. The number of carbonyl (C=O) groups is 1. The van der Waals surface area contributed by atoms with Crippen molar-refractivity contribution in [1.82, 2.24) is 9.80 Å². The number of piperazine rings is 1. The van der Waals surface area contributed by atoms with Gasteiger partial charge < -0.3 is 9.52 Å². The smallest absolute Gasteiger partial charge is 0.372 e. The third kappa shape index (κ3) is 3.36. The minimum Gasteiger partial charge on any atom is -0.475 e. The molecule has 0 bridgehead atoms. The first-order chi connectivity index (χ1) is 8.88. The number of nitrogens with zero attached hydrogens (tertiary/aromatic N) is 2. The average molecular weight is 266 g/mol. The molecule has 106 valence electrons. The summed E-state index contributed by atoms with van der Waals surface area (Å²) in [6, 6.07) is 1.75. The lowest BCUT2D eigenvalue weighted by Crippen LogP contribution is -2.53. The van der Waals surface area contributed by atoms with Crippen LogP contribution < -0.4 is 0 Å². The van der Waals surface area contributed by atoms with Gasteiger partial charge in [0.15, 0.2) is 0 Å². The lowest BCUT2D eigenvalue weighted by Gasteiger charge is -2.42. The van der Waals surface area contributed by atoms with Crippen molar-refractivity contribution >= 4 is 5.97 Å². The lowest BCUT2D eigenvalue weighted by molar-refractivity contribution is 0.0576.